The van der Waals surface area contributed by atoms with Crippen molar-refractivity contribution in [2.45, 2.75) is 19.0 Å². The summed E-state index contributed by atoms with van der Waals surface area (Å²) in [5.74, 6) is 0.217. The predicted molar refractivity (Wildman–Crippen MR) is 82.8 cm³/mol. The number of carbonyl (C=O) groups excluding carboxylic acids is 1. The number of hydrogen-bond acceptors (Lipinski definition) is 4. The second-order valence-corrected chi connectivity index (χ2v) is 5.39. The van der Waals surface area contributed by atoms with Crippen LogP contribution >= 0.6 is 0 Å². The van der Waals surface area contributed by atoms with E-state index in [1.807, 2.05) is 6.07 Å². The van der Waals surface area contributed by atoms with Gasteiger partial charge >= 0.3 is 0 Å². The molecule has 2 heterocycles. The summed E-state index contributed by atoms with van der Waals surface area (Å²) in [7, 11) is 0. The quantitative estimate of drug-likeness (QED) is 0.941. The van der Waals surface area contributed by atoms with Crippen molar-refractivity contribution >= 4 is 11.7 Å². The molecule has 1 fully saturated rings. The van der Waals surface area contributed by atoms with Gasteiger partial charge in [0.05, 0.1) is 0 Å². The molecule has 0 bridgehead atoms. The third-order valence-electron chi connectivity index (χ3n) is 3.77. The van der Waals surface area contributed by atoms with E-state index in [0.29, 0.717) is 31.0 Å². The van der Waals surface area contributed by atoms with Gasteiger partial charge in [0.2, 0.25) is 5.91 Å². The van der Waals surface area contributed by atoms with Crippen molar-refractivity contribution < 1.29 is 9.18 Å². The van der Waals surface area contributed by atoms with Crippen molar-refractivity contribution in [1.29, 1.82) is 5.26 Å². The van der Waals surface area contributed by atoms with Crippen molar-refractivity contribution in [1.82, 2.24) is 9.88 Å². The Hall–Kier alpha value is -2.94. The van der Waals surface area contributed by atoms with E-state index >= 15 is 0 Å². The Kier molecular flexibility index (Phi) is 4.20. The van der Waals surface area contributed by atoms with Gasteiger partial charge in [0.15, 0.2) is 0 Å². The second kappa shape index (κ2) is 6.44. The van der Waals surface area contributed by atoms with Gasteiger partial charge < -0.3 is 10.2 Å². The molecule has 6 heteroatoms. The highest BCUT2D eigenvalue weighted by Gasteiger charge is 2.31. The highest BCUT2D eigenvalue weighted by Crippen LogP contribution is 2.18. The molecule has 0 saturated carbocycles. The maximum absolute atomic E-state index is 12.9. The highest BCUT2D eigenvalue weighted by molar-refractivity contribution is 5.86. The van der Waals surface area contributed by atoms with Crippen molar-refractivity contribution in [2.75, 3.05) is 11.9 Å². The summed E-state index contributed by atoms with van der Waals surface area (Å²) in [5, 5.41) is 11.9. The summed E-state index contributed by atoms with van der Waals surface area (Å²) in [4.78, 5) is 18.3. The summed E-state index contributed by atoms with van der Waals surface area (Å²) in [6, 6.07) is 12.8. The van der Waals surface area contributed by atoms with Crippen LogP contribution in [0.4, 0.5) is 10.2 Å². The van der Waals surface area contributed by atoms with E-state index in [0.717, 1.165) is 5.56 Å². The van der Waals surface area contributed by atoms with Crippen molar-refractivity contribution in [3.05, 3.63) is 59.5 Å². The maximum atomic E-state index is 12.9. The number of nitrogens with one attached hydrogen (secondary N) is 1. The molecular formula is C17H15FN4O. The lowest BCUT2D eigenvalue weighted by Gasteiger charge is -2.17. The van der Waals surface area contributed by atoms with Gasteiger partial charge in [0, 0.05) is 13.1 Å². The number of carbonyl (C=O) groups is 1. The lowest BCUT2D eigenvalue weighted by atomic mass is 10.2. The van der Waals surface area contributed by atoms with Crippen LogP contribution in [0.2, 0.25) is 0 Å². The molecule has 1 saturated heterocycles. The van der Waals surface area contributed by atoms with E-state index in [1.165, 1.54) is 12.1 Å². The molecule has 0 radical (unpaired) electrons. The van der Waals surface area contributed by atoms with Gasteiger partial charge in [0.25, 0.3) is 0 Å². The van der Waals surface area contributed by atoms with Crippen LogP contribution < -0.4 is 5.32 Å². The zero-order valence-corrected chi connectivity index (χ0v) is 12.4. The number of pyridine rings is 1. The topological polar surface area (TPSA) is 69.0 Å². The van der Waals surface area contributed by atoms with Gasteiger partial charge in [-0.2, -0.15) is 5.26 Å². The summed E-state index contributed by atoms with van der Waals surface area (Å²) in [6.07, 6.45) is 0.665. The van der Waals surface area contributed by atoms with Gasteiger partial charge in [0.1, 0.15) is 29.4 Å². The first-order valence-electron chi connectivity index (χ1n) is 7.32. The maximum Gasteiger partial charge on any atom is 0.245 e. The highest BCUT2D eigenvalue weighted by atomic mass is 19.1. The van der Waals surface area contributed by atoms with Crippen LogP contribution in [0, 0.1) is 17.1 Å². The molecule has 1 aliphatic rings. The number of hydrogen-bond donors (Lipinski definition) is 1. The Morgan fingerprint density at radius 1 is 1.30 bits per heavy atom. The van der Waals surface area contributed by atoms with Crippen LogP contribution in [0.3, 0.4) is 0 Å². The minimum atomic E-state index is -0.350. The molecule has 1 atom stereocenters. The molecule has 3 rings (SSSR count). The number of aromatic nitrogens is 1. The molecule has 1 aromatic carbocycles. The van der Waals surface area contributed by atoms with Gasteiger partial charge in [-0.3, -0.25) is 4.79 Å². The fraction of sp³-hybridized carbons (Fsp3) is 0.235. The smallest absolute Gasteiger partial charge is 0.245 e. The Labute approximate surface area is 133 Å². The zero-order valence-electron chi connectivity index (χ0n) is 12.4. The summed E-state index contributed by atoms with van der Waals surface area (Å²) >= 11 is 0. The Morgan fingerprint density at radius 3 is 2.83 bits per heavy atom. The first-order chi connectivity index (χ1) is 11.2. The summed E-state index contributed by atoms with van der Waals surface area (Å²) < 4.78 is 12.9. The number of halogens is 1. The minimum absolute atomic E-state index is 0.0153. The Morgan fingerprint density at radius 2 is 2.09 bits per heavy atom. The zero-order chi connectivity index (χ0) is 16.2. The van der Waals surface area contributed by atoms with Crippen LogP contribution in [-0.4, -0.2) is 28.4 Å². The molecule has 1 aromatic heterocycles. The third kappa shape index (κ3) is 3.46. The first kappa shape index (κ1) is 15.0. The van der Waals surface area contributed by atoms with E-state index in [4.69, 9.17) is 5.26 Å². The Balaban J connectivity index is 1.64. The number of rotatable bonds is 4. The lowest BCUT2D eigenvalue weighted by Crippen LogP contribution is -2.33. The number of nitriles is 1. The molecule has 23 heavy (non-hydrogen) atoms. The SMILES string of the molecule is N#Cc1cccc(N[C@H]2CCN(Cc3ccc(F)cc3)C2=O)n1. The molecule has 1 aliphatic heterocycles. The van der Waals surface area contributed by atoms with E-state index in [-0.39, 0.29) is 17.8 Å². The molecule has 1 N–H and O–H groups in total. The summed E-state index contributed by atoms with van der Waals surface area (Å²) in [5.41, 5.74) is 1.20. The second-order valence-electron chi connectivity index (χ2n) is 5.39. The van der Waals surface area contributed by atoms with E-state index < -0.39 is 0 Å². The molecule has 2 aromatic rings. The van der Waals surface area contributed by atoms with Crippen molar-refractivity contribution in [3.8, 4) is 6.07 Å². The minimum Gasteiger partial charge on any atom is -0.358 e. The Bertz CT molecular complexity index is 754. The summed E-state index contributed by atoms with van der Waals surface area (Å²) in [6.45, 7) is 1.09. The van der Waals surface area contributed by atoms with Crippen LogP contribution in [-0.2, 0) is 11.3 Å². The van der Waals surface area contributed by atoms with Gasteiger partial charge in [-0.1, -0.05) is 18.2 Å². The molecule has 116 valence electrons. The average molecular weight is 310 g/mol. The average Bonchev–Trinajstić information content (AvgIpc) is 2.90. The van der Waals surface area contributed by atoms with Crippen molar-refractivity contribution in [3.63, 3.8) is 0 Å². The van der Waals surface area contributed by atoms with E-state index in [2.05, 4.69) is 10.3 Å². The molecule has 5 nitrogen and oxygen atoms in total. The van der Waals surface area contributed by atoms with Gasteiger partial charge in [-0.15, -0.1) is 0 Å². The van der Waals surface area contributed by atoms with Crippen molar-refractivity contribution in [2.24, 2.45) is 0 Å². The van der Waals surface area contributed by atoms with E-state index in [9.17, 15) is 9.18 Å². The number of likely N-dealkylation sites (tertiary alicyclic amines) is 1. The number of amides is 1. The van der Waals surface area contributed by atoms with Gasteiger partial charge in [-0.05, 0) is 36.2 Å². The largest absolute Gasteiger partial charge is 0.358 e. The normalized spacial score (nSPS) is 17.1. The molecular weight excluding hydrogens is 295 g/mol. The first-order valence-corrected chi connectivity index (χ1v) is 7.32. The monoisotopic (exact) mass is 310 g/mol. The molecule has 0 spiro atoms. The fourth-order valence-electron chi connectivity index (χ4n) is 2.60. The standard InChI is InChI=1S/C17H15FN4O/c18-13-6-4-12(5-7-13)11-22-9-8-15(17(22)23)21-16-3-1-2-14(10-19)20-16/h1-7,15H,8-9,11H2,(H,20,21)/t15-/m0/s1. The molecule has 0 unspecified atom stereocenters. The van der Waals surface area contributed by atoms with Gasteiger partial charge in [-0.25, -0.2) is 9.37 Å². The molecule has 1 amide bonds. The van der Waals surface area contributed by atoms with Crippen LogP contribution in [0.5, 0.6) is 0 Å². The lowest BCUT2D eigenvalue weighted by molar-refractivity contribution is -0.128. The predicted octanol–water partition coefficient (Wildman–Crippen LogP) is 2.31. The fourth-order valence-corrected chi connectivity index (χ4v) is 2.60. The number of nitrogens with zero attached hydrogens (tertiary/aromatic N) is 3. The van der Waals surface area contributed by atoms with Crippen LogP contribution in [0.15, 0.2) is 42.5 Å². The number of benzene rings is 1. The third-order valence-corrected chi connectivity index (χ3v) is 3.77. The molecule has 0 aliphatic carbocycles. The van der Waals surface area contributed by atoms with Crippen LogP contribution in [0.25, 0.3) is 0 Å². The van der Waals surface area contributed by atoms with Crippen LogP contribution in [0.1, 0.15) is 17.7 Å². The number of anilines is 1. The van der Waals surface area contributed by atoms with E-state index in [1.54, 1.807) is 35.2 Å².